The summed E-state index contributed by atoms with van der Waals surface area (Å²) in [6, 6.07) is 40.4. The van der Waals surface area contributed by atoms with Crippen LogP contribution in [0.5, 0.6) is 0 Å². The van der Waals surface area contributed by atoms with Crippen molar-refractivity contribution in [1.82, 2.24) is 4.57 Å². The Kier molecular flexibility index (Phi) is 8.03. The van der Waals surface area contributed by atoms with E-state index in [9.17, 15) is 0 Å². The molecule has 0 aliphatic rings. The first-order valence-corrected chi connectivity index (χ1v) is 16.1. The molecule has 0 radical (unpaired) electrons. The summed E-state index contributed by atoms with van der Waals surface area (Å²) in [5, 5.41) is 0. The van der Waals surface area contributed by atoms with Crippen LogP contribution in [0.15, 0.2) is 109 Å². The highest BCUT2D eigenvalue weighted by Crippen LogP contribution is 2.41. The largest absolute Gasteiger partial charge is 0.295 e. The maximum atomic E-state index is 2.58. The van der Waals surface area contributed by atoms with Gasteiger partial charge < -0.3 is 0 Å². The summed E-state index contributed by atoms with van der Waals surface area (Å²) in [4.78, 5) is 0. The van der Waals surface area contributed by atoms with Gasteiger partial charge in [0.2, 0.25) is 0 Å². The van der Waals surface area contributed by atoms with Crippen LogP contribution in [-0.4, -0.2) is 4.57 Å². The molecule has 1 heterocycles. The van der Waals surface area contributed by atoms with Gasteiger partial charge in [-0.15, -0.1) is 0 Å². The summed E-state index contributed by atoms with van der Waals surface area (Å²) >= 11 is 0. The minimum absolute atomic E-state index is 0.341. The quantitative estimate of drug-likeness (QED) is 0.167. The minimum atomic E-state index is 0.341. The van der Waals surface area contributed by atoms with Crippen LogP contribution in [-0.2, 0) is 7.05 Å². The van der Waals surface area contributed by atoms with Crippen molar-refractivity contribution in [2.24, 2.45) is 7.05 Å². The van der Waals surface area contributed by atoms with Crippen molar-refractivity contribution in [3.05, 3.63) is 131 Å². The van der Waals surface area contributed by atoms with E-state index in [0.29, 0.717) is 17.8 Å². The van der Waals surface area contributed by atoms with Crippen molar-refractivity contribution in [2.45, 2.75) is 66.2 Å². The molecule has 5 aromatic carbocycles. The number of rotatable bonds is 7. The van der Waals surface area contributed by atoms with E-state index in [2.05, 4.69) is 174 Å². The van der Waals surface area contributed by atoms with Crippen LogP contribution < -0.4 is 4.57 Å². The number of nitrogens with zero attached hydrogens (tertiary/aromatic N) is 2. The predicted molar refractivity (Wildman–Crippen MR) is 188 cm³/mol. The van der Waals surface area contributed by atoms with Gasteiger partial charge in [-0.3, -0.25) is 0 Å². The lowest BCUT2D eigenvalue weighted by Crippen LogP contribution is -2.30. The van der Waals surface area contributed by atoms with E-state index >= 15 is 0 Å². The van der Waals surface area contributed by atoms with Crippen molar-refractivity contribution in [2.75, 3.05) is 0 Å². The average Bonchev–Trinajstić information content (AvgIpc) is 3.32. The Morgan fingerprint density at radius 2 is 1.11 bits per heavy atom. The van der Waals surface area contributed by atoms with Crippen LogP contribution in [0.1, 0.15) is 81.5 Å². The summed E-state index contributed by atoms with van der Waals surface area (Å²) in [6.45, 7) is 16.1. The molecule has 0 fully saturated rings. The second-order valence-corrected chi connectivity index (χ2v) is 13.2. The summed E-state index contributed by atoms with van der Waals surface area (Å²) in [5.74, 6) is 2.35. The maximum Gasteiger partial charge on any atom is 0.295 e. The highest BCUT2D eigenvalue weighted by molar-refractivity contribution is 5.84. The normalized spacial score (nSPS) is 11.8. The van der Waals surface area contributed by atoms with Gasteiger partial charge in [-0.2, -0.15) is 4.57 Å². The fourth-order valence-corrected chi connectivity index (χ4v) is 6.55. The van der Waals surface area contributed by atoms with Crippen LogP contribution in [0.2, 0.25) is 0 Å². The lowest BCUT2D eigenvalue weighted by Gasteiger charge is -2.21. The predicted octanol–water partition coefficient (Wildman–Crippen LogP) is 11.1. The molecule has 44 heavy (non-hydrogen) atoms. The number of fused-ring (bicyclic) bond motifs is 1. The number of hydrogen-bond donors (Lipinski definition) is 0. The molecule has 2 heteroatoms. The molecule has 2 nitrogen and oxygen atoms in total. The number of hydrogen-bond acceptors (Lipinski definition) is 0. The highest BCUT2D eigenvalue weighted by atomic mass is 15.2. The zero-order chi connectivity index (χ0) is 31.1. The van der Waals surface area contributed by atoms with E-state index in [1.807, 2.05) is 0 Å². The number of aryl methyl sites for hydroxylation is 2. The Morgan fingerprint density at radius 1 is 0.545 bits per heavy atom. The Hall–Kier alpha value is -4.43. The van der Waals surface area contributed by atoms with E-state index in [4.69, 9.17) is 0 Å². The zero-order valence-electron chi connectivity index (χ0n) is 27.5. The van der Waals surface area contributed by atoms with Gasteiger partial charge >= 0.3 is 0 Å². The van der Waals surface area contributed by atoms with Crippen molar-refractivity contribution in [3.8, 4) is 39.3 Å². The highest BCUT2D eigenvalue weighted by Gasteiger charge is 2.32. The third kappa shape index (κ3) is 5.28. The fraction of sp³-hybridized carbons (Fsp3) is 0.262. The molecule has 0 unspecified atom stereocenters. The molecule has 0 amide bonds. The van der Waals surface area contributed by atoms with Gasteiger partial charge in [-0.05, 0) is 88.4 Å². The standard InChI is InChI=1S/C42H45N2/c1-27(2)33-21-22-39-40(26-33)43(8)42(38-23-34(20-19-30(38)7)31-15-11-9-12-16-31)44(39)41-36(28(3)4)24-35(25-37(41)29(5)6)32-17-13-10-14-18-32/h9-29H,1-8H3/q+1. The summed E-state index contributed by atoms with van der Waals surface area (Å²) in [5.41, 5.74) is 15.5. The average molecular weight is 578 g/mol. The molecule has 1 aromatic heterocycles. The molecule has 6 aromatic rings. The molecule has 0 aliphatic heterocycles. The van der Waals surface area contributed by atoms with Crippen LogP contribution >= 0.6 is 0 Å². The maximum absolute atomic E-state index is 2.58. The van der Waals surface area contributed by atoms with Gasteiger partial charge in [0.25, 0.3) is 5.82 Å². The molecule has 0 atom stereocenters. The third-order valence-corrected chi connectivity index (χ3v) is 9.13. The van der Waals surface area contributed by atoms with Gasteiger partial charge in [0.1, 0.15) is 5.69 Å². The second-order valence-electron chi connectivity index (χ2n) is 13.2. The van der Waals surface area contributed by atoms with Crippen molar-refractivity contribution < 1.29 is 4.57 Å². The van der Waals surface area contributed by atoms with Gasteiger partial charge in [0.15, 0.2) is 11.0 Å². The van der Waals surface area contributed by atoms with Crippen LogP contribution in [0.3, 0.4) is 0 Å². The second kappa shape index (κ2) is 11.9. The SMILES string of the molecule is Cc1ccc(-c2ccccc2)cc1-c1n(-c2c(C(C)C)cc(-c3ccccc3)cc2C(C)C)c2ccc(C(C)C)cc2[n+]1C. The van der Waals surface area contributed by atoms with Crippen LogP contribution in [0.4, 0.5) is 0 Å². The Labute approximate surface area is 263 Å². The smallest absolute Gasteiger partial charge is 0.225 e. The van der Waals surface area contributed by atoms with E-state index < -0.39 is 0 Å². The van der Waals surface area contributed by atoms with Gasteiger partial charge in [0, 0.05) is 11.1 Å². The topological polar surface area (TPSA) is 8.81 Å². The van der Waals surface area contributed by atoms with Crippen molar-refractivity contribution >= 4 is 11.0 Å². The molecule has 6 rings (SSSR count). The van der Waals surface area contributed by atoms with E-state index in [1.54, 1.807) is 0 Å². The number of aromatic nitrogens is 2. The summed E-state index contributed by atoms with van der Waals surface area (Å²) in [7, 11) is 2.25. The lowest BCUT2D eigenvalue weighted by molar-refractivity contribution is -0.633. The van der Waals surface area contributed by atoms with Crippen LogP contribution in [0, 0.1) is 6.92 Å². The van der Waals surface area contributed by atoms with Crippen LogP contribution in [0.25, 0.3) is 50.4 Å². The molecule has 0 saturated heterocycles. The van der Waals surface area contributed by atoms with Gasteiger partial charge in [-0.25, -0.2) is 4.57 Å². The first-order chi connectivity index (χ1) is 21.2. The first-order valence-electron chi connectivity index (χ1n) is 16.1. The molecular formula is C42H45N2+. The summed E-state index contributed by atoms with van der Waals surface area (Å²) < 4.78 is 5.01. The number of benzene rings is 5. The van der Waals surface area contributed by atoms with Crippen molar-refractivity contribution in [1.29, 1.82) is 0 Å². The third-order valence-electron chi connectivity index (χ3n) is 9.13. The summed E-state index contributed by atoms with van der Waals surface area (Å²) in [6.07, 6.45) is 0. The monoisotopic (exact) mass is 577 g/mol. The molecule has 0 saturated carbocycles. The number of imidazole rings is 1. The lowest BCUT2D eigenvalue weighted by atomic mass is 9.88. The molecule has 0 aliphatic carbocycles. The molecule has 0 bridgehead atoms. The molecular weight excluding hydrogens is 532 g/mol. The van der Waals surface area contributed by atoms with E-state index in [-0.39, 0.29) is 0 Å². The fourth-order valence-electron chi connectivity index (χ4n) is 6.55. The van der Waals surface area contributed by atoms with Crippen molar-refractivity contribution in [3.63, 3.8) is 0 Å². The molecule has 0 N–H and O–H groups in total. The molecule has 222 valence electrons. The van der Waals surface area contributed by atoms with E-state index in [0.717, 1.165) is 0 Å². The van der Waals surface area contributed by atoms with E-state index in [1.165, 1.54) is 72.6 Å². The molecule has 0 spiro atoms. The zero-order valence-corrected chi connectivity index (χ0v) is 27.5. The minimum Gasteiger partial charge on any atom is -0.225 e. The Bertz CT molecular complexity index is 1910. The first kappa shape index (κ1) is 29.6. The van der Waals surface area contributed by atoms with Gasteiger partial charge in [-0.1, -0.05) is 120 Å². The Morgan fingerprint density at radius 3 is 1.66 bits per heavy atom. The Balaban J connectivity index is 1.74. The van der Waals surface area contributed by atoms with Gasteiger partial charge in [0.05, 0.1) is 12.6 Å².